The highest BCUT2D eigenvalue weighted by Gasteiger charge is 2.33. The predicted molar refractivity (Wildman–Crippen MR) is 77.1 cm³/mol. The molecule has 1 N–H and O–H groups in total. The van der Waals surface area contributed by atoms with Crippen molar-refractivity contribution in [1.29, 1.82) is 0 Å². The van der Waals surface area contributed by atoms with Gasteiger partial charge in [0, 0.05) is 6.04 Å². The van der Waals surface area contributed by atoms with Crippen LogP contribution in [0.15, 0.2) is 18.2 Å². The van der Waals surface area contributed by atoms with Crippen molar-refractivity contribution in [2.24, 2.45) is 0 Å². The highest BCUT2D eigenvalue weighted by atomic mass is 19.4. The second-order valence-electron chi connectivity index (χ2n) is 5.68. The van der Waals surface area contributed by atoms with Crippen LogP contribution in [0.5, 0.6) is 0 Å². The van der Waals surface area contributed by atoms with Crippen molar-refractivity contribution in [3.63, 3.8) is 0 Å². The molecule has 0 radical (unpaired) electrons. The summed E-state index contributed by atoms with van der Waals surface area (Å²) < 4.78 is 51.7. The number of ketones is 1. The molecule has 0 aliphatic rings. The summed E-state index contributed by atoms with van der Waals surface area (Å²) in [6.07, 6.45) is -3.56. The van der Waals surface area contributed by atoms with Crippen LogP contribution in [0.3, 0.4) is 0 Å². The van der Waals surface area contributed by atoms with Gasteiger partial charge in [-0.2, -0.15) is 13.2 Å². The lowest BCUT2D eigenvalue weighted by Crippen LogP contribution is -2.39. The number of hydrogen-bond acceptors (Lipinski definition) is 2. The summed E-state index contributed by atoms with van der Waals surface area (Å²) in [6.45, 7) is 5.26. The average molecular weight is 319 g/mol. The van der Waals surface area contributed by atoms with Gasteiger partial charge in [-0.25, -0.2) is 4.39 Å². The minimum Gasteiger partial charge on any atom is -0.305 e. The number of carbonyl (C=O) groups excluding carboxylic acids is 1. The molecule has 1 aromatic rings. The second kappa shape index (κ2) is 7.72. The van der Waals surface area contributed by atoms with Crippen molar-refractivity contribution < 1.29 is 22.4 Å². The summed E-state index contributed by atoms with van der Waals surface area (Å²) >= 11 is 0. The van der Waals surface area contributed by atoms with Crippen molar-refractivity contribution in [3.8, 4) is 0 Å². The largest absolute Gasteiger partial charge is 0.416 e. The summed E-state index contributed by atoms with van der Waals surface area (Å²) in [7, 11) is 0. The molecular formula is C16H21F4NO. The van der Waals surface area contributed by atoms with E-state index in [0.717, 1.165) is 12.1 Å². The Labute approximate surface area is 127 Å². The number of hydrogen-bond donors (Lipinski definition) is 1. The van der Waals surface area contributed by atoms with Crippen LogP contribution >= 0.6 is 0 Å². The first-order valence-electron chi connectivity index (χ1n) is 7.23. The third-order valence-corrected chi connectivity index (χ3v) is 3.34. The van der Waals surface area contributed by atoms with E-state index < -0.39 is 17.6 Å². The maximum Gasteiger partial charge on any atom is 0.416 e. The molecule has 0 bridgehead atoms. The third-order valence-electron chi connectivity index (χ3n) is 3.34. The Morgan fingerprint density at radius 2 is 1.91 bits per heavy atom. The number of alkyl halides is 3. The third kappa shape index (κ3) is 5.75. The maximum atomic E-state index is 13.0. The maximum absolute atomic E-state index is 13.0. The molecule has 0 spiro atoms. The van der Waals surface area contributed by atoms with Gasteiger partial charge in [-0.3, -0.25) is 4.79 Å². The molecule has 0 aliphatic carbocycles. The van der Waals surface area contributed by atoms with E-state index in [2.05, 4.69) is 5.32 Å². The minimum absolute atomic E-state index is 0.0381. The highest BCUT2D eigenvalue weighted by molar-refractivity contribution is 5.81. The van der Waals surface area contributed by atoms with Crippen LogP contribution in [0.4, 0.5) is 17.6 Å². The van der Waals surface area contributed by atoms with Crippen LogP contribution in [0.2, 0.25) is 0 Å². The zero-order chi connectivity index (χ0) is 16.9. The van der Waals surface area contributed by atoms with Gasteiger partial charge in [-0.15, -0.1) is 0 Å². The van der Waals surface area contributed by atoms with Gasteiger partial charge in [0.1, 0.15) is 11.6 Å². The van der Waals surface area contributed by atoms with E-state index >= 15 is 0 Å². The van der Waals surface area contributed by atoms with Gasteiger partial charge in [0.05, 0.1) is 11.6 Å². The average Bonchev–Trinajstić information content (AvgIpc) is 2.37. The van der Waals surface area contributed by atoms with Crippen molar-refractivity contribution in [3.05, 3.63) is 35.1 Å². The van der Waals surface area contributed by atoms with Gasteiger partial charge in [0.25, 0.3) is 0 Å². The number of benzene rings is 1. The van der Waals surface area contributed by atoms with E-state index in [9.17, 15) is 22.4 Å². The zero-order valence-corrected chi connectivity index (χ0v) is 12.9. The fourth-order valence-electron chi connectivity index (χ4n) is 2.33. The lowest BCUT2D eigenvalue weighted by Gasteiger charge is -2.19. The van der Waals surface area contributed by atoms with E-state index in [1.165, 1.54) is 6.92 Å². The van der Waals surface area contributed by atoms with Gasteiger partial charge >= 0.3 is 6.18 Å². The van der Waals surface area contributed by atoms with Gasteiger partial charge in [0.2, 0.25) is 0 Å². The van der Waals surface area contributed by atoms with E-state index in [1.807, 2.05) is 13.8 Å². The molecule has 1 rings (SSSR count). The molecule has 0 aliphatic heterocycles. The minimum atomic E-state index is -4.58. The first-order valence-corrected chi connectivity index (χ1v) is 7.23. The first-order chi connectivity index (χ1) is 10.1. The highest BCUT2D eigenvalue weighted by Crippen LogP contribution is 2.33. The molecule has 0 saturated carbocycles. The van der Waals surface area contributed by atoms with Gasteiger partial charge < -0.3 is 5.32 Å². The molecule has 0 amide bonds. The summed E-state index contributed by atoms with van der Waals surface area (Å²) in [5, 5.41) is 3.09. The molecule has 1 unspecified atom stereocenters. The lowest BCUT2D eigenvalue weighted by atomic mass is 9.98. The molecule has 0 heterocycles. The quantitative estimate of drug-likeness (QED) is 0.766. The zero-order valence-electron chi connectivity index (χ0n) is 12.9. The van der Waals surface area contributed by atoms with Crippen LogP contribution in [0.1, 0.15) is 44.7 Å². The SMILES string of the molecule is CC(=O)C(CCCc1ccc(F)cc1C(F)(F)F)NC(C)C. The number of nitrogens with one attached hydrogen (secondary N) is 1. The Morgan fingerprint density at radius 1 is 1.27 bits per heavy atom. The summed E-state index contributed by atoms with van der Waals surface area (Å²) in [5.74, 6) is -0.942. The predicted octanol–water partition coefficient (Wildman–Crippen LogP) is 4.12. The molecule has 2 nitrogen and oxygen atoms in total. The molecular weight excluding hydrogens is 298 g/mol. The number of halogens is 4. The second-order valence-corrected chi connectivity index (χ2v) is 5.68. The Hall–Kier alpha value is -1.43. The number of rotatable bonds is 7. The summed E-state index contributed by atoms with van der Waals surface area (Å²) in [5.41, 5.74) is -0.885. The molecule has 22 heavy (non-hydrogen) atoms. The Bertz CT molecular complexity index is 511. The summed E-state index contributed by atoms with van der Waals surface area (Å²) in [6, 6.07) is 2.46. The summed E-state index contributed by atoms with van der Waals surface area (Å²) in [4.78, 5) is 11.5. The number of Topliss-reactive ketones (excluding diaryl/α,β-unsaturated/α-hetero) is 1. The van der Waals surface area contributed by atoms with E-state index in [1.54, 1.807) is 0 Å². The molecule has 124 valence electrons. The fourth-order valence-corrected chi connectivity index (χ4v) is 2.33. The molecule has 6 heteroatoms. The normalized spacial score (nSPS) is 13.5. The van der Waals surface area contributed by atoms with E-state index in [-0.39, 0.29) is 29.9 Å². The molecule has 0 fully saturated rings. The standard InChI is InChI=1S/C16H21F4NO/c1-10(2)21-15(11(3)22)6-4-5-12-7-8-13(17)9-14(12)16(18,19)20/h7-10,15,21H,4-6H2,1-3H3. The van der Waals surface area contributed by atoms with Crippen LogP contribution in [0, 0.1) is 5.82 Å². The van der Waals surface area contributed by atoms with Crippen molar-refractivity contribution in [2.45, 2.75) is 58.3 Å². The smallest absolute Gasteiger partial charge is 0.305 e. The van der Waals surface area contributed by atoms with Crippen LogP contribution in [0.25, 0.3) is 0 Å². The Kier molecular flexibility index (Phi) is 6.53. The van der Waals surface area contributed by atoms with Gasteiger partial charge in [0.15, 0.2) is 0 Å². The molecule has 0 aromatic heterocycles. The van der Waals surface area contributed by atoms with Gasteiger partial charge in [-0.1, -0.05) is 19.9 Å². The molecule has 1 atom stereocenters. The fraction of sp³-hybridized carbons (Fsp3) is 0.562. The number of aryl methyl sites for hydroxylation is 1. The molecule has 1 aromatic carbocycles. The van der Waals surface area contributed by atoms with Crippen molar-refractivity contribution in [1.82, 2.24) is 5.32 Å². The molecule has 0 saturated heterocycles. The topological polar surface area (TPSA) is 29.1 Å². The number of carbonyl (C=O) groups is 1. The van der Waals surface area contributed by atoms with Crippen molar-refractivity contribution in [2.75, 3.05) is 0 Å². The van der Waals surface area contributed by atoms with Crippen LogP contribution in [-0.2, 0) is 17.4 Å². The van der Waals surface area contributed by atoms with Crippen LogP contribution in [-0.4, -0.2) is 17.9 Å². The lowest BCUT2D eigenvalue weighted by molar-refractivity contribution is -0.138. The first kappa shape index (κ1) is 18.6. The Balaban J connectivity index is 2.74. The monoisotopic (exact) mass is 319 g/mol. The van der Waals surface area contributed by atoms with Crippen molar-refractivity contribution >= 4 is 5.78 Å². The van der Waals surface area contributed by atoms with Gasteiger partial charge in [-0.05, 0) is 43.9 Å². The van der Waals surface area contributed by atoms with Crippen LogP contribution < -0.4 is 5.32 Å². The van der Waals surface area contributed by atoms with E-state index in [4.69, 9.17) is 0 Å². The van der Waals surface area contributed by atoms with E-state index in [0.29, 0.717) is 18.9 Å². The Morgan fingerprint density at radius 3 is 2.41 bits per heavy atom.